The van der Waals surface area contributed by atoms with Crippen LogP contribution in [0.4, 0.5) is 8.78 Å². The summed E-state index contributed by atoms with van der Waals surface area (Å²) >= 11 is 3.46. The zero-order valence-electron chi connectivity index (χ0n) is 25.0. The van der Waals surface area contributed by atoms with Gasteiger partial charge in [-0.1, -0.05) is 30.3 Å². The third-order valence-electron chi connectivity index (χ3n) is 7.56. The van der Waals surface area contributed by atoms with Gasteiger partial charge < -0.3 is 15.2 Å². The van der Waals surface area contributed by atoms with E-state index in [1.807, 2.05) is 61.3 Å². The van der Waals surface area contributed by atoms with Crippen LogP contribution in [-0.2, 0) is 17.9 Å². The second-order valence-electron chi connectivity index (χ2n) is 10.8. The number of halogens is 2. The molecule has 5 nitrogen and oxygen atoms in total. The average Bonchev–Trinajstić information content (AvgIpc) is 2.95. The van der Waals surface area contributed by atoms with Crippen molar-refractivity contribution in [3.05, 3.63) is 94.6 Å². The predicted molar refractivity (Wildman–Crippen MR) is 166 cm³/mol. The van der Waals surface area contributed by atoms with Gasteiger partial charge in [0, 0.05) is 31.3 Å². The van der Waals surface area contributed by atoms with E-state index in [1.54, 1.807) is 6.07 Å². The van der Waals surface area contributed by atoms with E-state index < -0.39 is 29.6 Å². The normalized spacial score (nSPS) is 14.3. The van der Waals surface area contributed by atoms with Crippen LogP contribution in [0.2, 0.25) is 0 Å². The number of hydrogen-bond acceptors (Lipinski definition) is 6. The van der Waals surface area contributed by atoms with Crippen LogP contribution in [0.3, 0.4) is 0 Å². The molecule has 0 spiro atoms. The smallest absolute Gasteiger partial charge is 0.548 e. The van der Waals surface area contributed by atoms with Gasteiger partial charge in [-0.15, -0.1) is 0 Å². The van der Waals surface area contributed by atoms with Crippen molar-refractivity contribution in [2.75, 3.05) is 30.1 Å². The van der Waals surface area contributed by atoms with Crippen molar-refractivity contribution < 1.29 is 42.3 Å². The molecule has 1 heterocycles. The summed E-state index contributed by atoms with van der Waals surface area (Å²) in [6.07, 6.45) is 4.34. The number of hydrogen-bond donors (Lipinski definition) is 1. The summed E-state index contributed by atoms with van der Waals surface area (Å²) in [5.74, 6) is 0.323. The van der Waals surface area contributed by atoms with Crippen LogP contribution in [0.25, 0.3) is 11.1 Å². The number of carboxylic acids is 1. The molecule has 43 heavy (non-hydrogen) atoms. The van der Waals surface area contributed by atoms with E-state index >= 15 is 0 Å². The van der Waals surface area contributed by atoms with Gasteiger partial charge in [-0.05, 0) is 108 Å². The van der Waals surface area contributed by atoms with Crippen LogP contribution in [-0.4, -0.2) is 52.9 Å². The quantitative estimate of drug-likeness (QED) is 0.297. The van der Waals surface area contributed by atoms with Gasteiger partial charge >= 0.3 is 18.9 Å². The van der Waals surface area contributed by atoms with Crippen molar-refractivity contribution in [2.45, 2.75) is 45.3 Å². The van der Waals surface area contributed by atoms with Crippen LogP contribution in [0.15, 0.2) is 60.7 Å². The minimum absolute atomic E-state index is 0. The van der Waals surface area contributed by atoms with E-state index in [1.165, 1.54) is 23.9 Å². The molecule has 1 N–H and O–H groups in total. The Kier molecular flexibility index (Phi) is 14.1. The zero-order valence-corrected chi connectivity index (χ0v) is 26.7. The Hall–Kier alpha value is -2.28. The first-order valence-corrected chi connectivity index (χ1v) is 16.7. The van der Waals surface area contributed by atoms with Crippen molar-refractivity contribution >= 4 is 35.4 Å². The zero-order chi connectivity index (χ0) is 30.1. The molecule has 0 radical (unpaired) electrons. The minimum Gasteiger partial charge on any atom is -0.548 e. The largest absolute Gasteiger partial charge is 1.00 e. The molecule has 1 aliphatic heterocycles. The van der Waals surface area contributed by atoms with Crippen LogP contribution < -0.4 is 29.3 Å². The molecule has 0 bridgehead atoms. The van der Waals surface area contributed by atoms with Gasteiger partial charge in [-0.3, -0.25) is 9.69 Å². The maximum atomic E-state index is 14.0. The second kappa shape index (κ2) is 17.3. The van der Waals surface area contributed by atoms with E-state index in [4.69, 9.17) is 0 Å². The van der Waals surface area contributed by atoms with E-state index in [-0.39, 0.29) is 25.3 Å². The monoisotopic (exact) mass is 618 g/mol. The number of nitrogens with one attached hydrogen (secondary N) is 1. The summed E-state index contributed by atoms with van der Waals surface area (Å²) in [5, 5.41) is 14.4. The Bertz CT molecular complexity index is 1370. The van der Waals surface area contributed by atoms with Crippen molar-refractivity contribution in [2.24, 2.45) is 5.92 Å². The summed E-state index contributed by atoms with van der Waals surface area (Å²) in [6.45, 7) is 3.68. The first-order valence-electron chi connectivity index (χ1n) is 14.2. The molecule has 0 aliphatic carbocycles. The molecule has 3 aromatic rings. The molecule has 1 atom stereocenters. The van der Waals surface area contributed by atoms with Gasteiger partial charge in [0.1, 0.15) is 11.6 Å². The molecule has 10 heteroatoms. The third-order valence-corrected chi connectivity index (χ3v) is 9.25. The number of benzene rings is 3. The topological polar surface area (TPSA) is 72.5 Å². The summed E-state index contributed by atoms with van der Waals surface area (Å²) < 4.78 is 28.1. The molecular formula is C33H37F2LiN2O3S2. The summed E-state index contributed by atoms with van der Waals surface area (Å²) in [7, 11) is 0. The van der Waals surface area contributed by atoms with Crippen LogP contribution in [0.5, 0.6) is 0 Å². The number of thioether (sulfide) groups is 2. The number of nitrogens with zero attached hydrogens (tertiary/aromatic N) is 1. The molecule has 1 fully saturated rings. The standard InChI is InChI=1S/C33H38F2N2O3S2.Li/c1-22-5-3-4-6-28(22)30-17-24(7-8-29(30)32(38)36-31(33(39)40)11-12-41-2)20-37(19-23-9-13-42-14-10-23)21-25-15-26(34)18-27(35)16-25;/h3-8,15-18,23,31H,9-14,19-21H2,1-2H3,(H,36,38)(H,39,40);/q;+1/p-1. The van der Waals surface area contributed by atoms with Crippen molar-refractivity contribution in [1.29, 1.82) is 0 Å². The number of carbonyl (C=O) groups excluding carboxylic acids is 2. The molecule has 0 aromatic heterocycles. The van der Waals surface area contributed by atoms with Crippen molar-refractivity contribution in [3.8, 4) is 11.1 Å². The predicted octanol–water partition coefficient (Wildman–Crippen LogP) is 2.69. The first kappa shape index (κ1) is 35.2. The molecule has 4 rings (SSSR count). The maximum absolute atomic E-state index is 14.0. The fourth-order valence-electron chi connectivity index (χ4n) is 5.40. The number of aryl methyl sites for hydroxylation is 1. The van der Waals surface area contributed by atoms with Gasteiger partial charge in [0.15, 0.2) is 0 Å². The summed E-state index contributed by atoms with van der Waals surface area (Å²) in [5.41, 5.74) is 4.47. The summed E-state index contributed by atoms with van der Waals surface area (Å²) in [6, 6.07) is 15.9. The first-order chi connectivity index (χ1) is 20.2. The van der Waals surface area contributed by atoms with Gasteiger partial charge in [0.2, 0.25) is 0 Å². The van der Waals surface area contributed by atoms with E-state index in [0.717, 1.165) is 53.6 Å². The molecule has 1 aliphatic rings. The van der Waals surface area contributed by atoms with Crippen LogP contribution >= 0.6 is 23.5 Å². The molecule has 1 amide bonds. The SMILES string of the molecule is CSCCC(NC(=O)c1ccc(CN(Cc2cc(F)cc(F)c2)CC2CCSCC2)cc1-c1ccccc1C)C(=O)[O-].[Li+]. The number of carbonyl (C=O) groups is 2. The number of amides is 1. The second-order valence-corrected chi connectivity index (χ2v) is 13.0. The van der Waals surface area contributed by atoms with Gasteiger partial charge in [0.25, 0.3) is 5.91 Å². The fourth-order valence-corrected chi connectivity index (χ4v) is 7.08. The minimum atomic E-state index is -1.31. The molecule has 1 unspecified atom stereocenters. The molecule has 1 saturated heterocycles. The van der Waals surface area contributed by atoms with E-state index in [9.17, 15) is 23.5 Å². The van der Waals surface area contributed by atoms with Crippen molar-refractivity contribution in [3.63, 3.8) is 0 Å². The van der Waals surface area contributed by atoms with E-state index in [2.05, 4.69) is 10.2 Å². The van der Waals surface area contributed by atoms with Gasteiger partial charge in [-0.25, -0.2) is 8.78 Å². The molecule has 3 aromatic carbocycles. The molecular weight excluding hydrogens is 581 g/mol. The number of carboxylic acid groups (broad SMARTS) is 1. The Morgan fingerprint density at radius 2 is 1.67 bits per heavy atom. The summed E-state index contributed by atoms with van der Waals surface area (Å²) in [4.78, 5) is 27.4. The van der Waals surface area contributed by atoms with Crippen LogP contribution in [0.1, 0.15) is 46.3 Å². The van der Waals surface area contributed by atoms with Gasteiger partial charge in [-0.2, -0.15) is 23.5 Å². The molecule has 224 valence electrons. The van der Waals surface area contributed by atoms with E-state index in [0.29, 0.717) is 41.5 Å². The third kappa shape index (κ3) is 10.4. The van der Waals surface area contributed by atoms with Gasteiger partial charge in [0.05, 0.1) is 12.0 Å². The number of rotatable bonds is 13. The Morgan fingerprint density at radius 1 is 1.00 bits per heavy atom. The van der Waals surface area contributed by atoms with Crippen LogP contribution in [0, 0.1) is 24.5 Å². The number of aliphatic carboxylic acids is 1. The molecule has 0 saturated carbocycles. The average molecular weight is 619 g/mol. The Labute approximate surface area is 273 Å². The maximum Gasteiger partial charge on any atom is 1.00 e. The van der Waals surface area contributed by atoms with Crippen molar-refractivity contribution in [1.82, 2.24) is 10.2 Å². The fraction of sp³-hybridized carbons (Fsp3) is 0.394. The Balaban J connectivity index is 0.00000506. The Morgan fingerprint density at radius 3 is 2.33 bits per heavy atom.